The predicted molar refractivity (Wildman–Crippen MR) is 96.1 cm³/mol. The Morgan fingerprint density at radius 2 is 2.08 bits per heavy atom. The van der Waals surface area contributed by atoms with Gasteiger partial charge in [-0.1, -0.05) is 0 Å². The highest BCUT2D eigenvalue weighted by Gasteiger charge is 2.53. The number of hydrogen-bond acceptors (Lipinski definition) is 4. The van der Waals surface area contributed by atoms with Crippen molar-refractivity contribution >= 4 is 22.7 Å². The number of hydrogen-bond donors (Lipinski definition) is 1. The third-order valence-electron chi connectivity index (χ3n) is 5.62. The van der Waals surface area contributed by atoms with E-state index in [-0.39, 0.29) is 18.4 Å². The number of benzene rings is 1. The summed E-state index contributed by atoms with van der Waals surface area (Å²) < 4.78 is 10.4. The quantitative estimate of drug-likeness (QED) is 0.894. The molecule has 1 N–H and O–H groups in total. The highest BCUT2D eigenvalue weighted by Crippen LogP contribution is 2.42. The minimum atomic E-state index is -1.01. The molecule has 7 nitrogen and oxygen atoms in total. The van der Waals surface area contributed by atoms with Crippen molar-refractivity contribution in [2.75, 3.05) is 40.5 Å². The van der Waals surface area contributed by atoms with Gasteiger partial charge in [0.05, 0.1) is 26.0 Å². The number of amides is 2. The van der Waals surface area contributed by atoms with E-state index in [9.17, 15) is 9.59 Å². The number of carbonyl (C=O) groups excluding carboxylic acids is 2. The van der Waals surface area contributed by atoms with Crippen molar-refractivity contribution < 1.29 is 19.1 Å². The zero-order valence-corrected chi connectivity index (χ0v) is 15.3. The molecule has 2 aromatic rings. The van der Waals surface area contributed by atoms with E-state index in [1.165, 1.54) is 0 Å². The number of fused-ring (bicyclic) bond motifs is 5. The Bertz CT molecular complexity index is 890. The minimum Gasteiger partial charge on any atom is -0.497 e. The second-order valence-corrected chi connectivity index (χ2v) is 6.98. The third-order valence-corrected chi connectivity index (χ3v) is 5.62. The van der Waals surface area contributed by atoms with E-state index in [4.69, 9.17) is 9.47 Å². The number of nitrogens with zero attached hydrogens (tertiary/aromatic N) is 2. The molecular weight excluding hydrogens is 334 g/mol. The van der Waals surface area contributed by atoms with Gasteiger partial charge in [0, 0.05) is 31.1 Å². The van der Waals surface area contributed by atoms with Crippen LogP contribution in [0.4, 0.5) is 0 Å². The molecule has 1 aromatic heterocycles. The molecule has 0 saturated carbocycles. The second-order valence-electron chi connectivity index (χ2n) is 6.98. The van der Waals surface area contributed by atoms with Crippen LogP contribution in [0.5, 0.6) is 5.75 Å². The second kappa shape index (κ2) is 6.02. The average Bonchev–Trinajstić information content (AvgIpc) is 3.02. The molecule has 1 fully saturated rings. The van der Waals surface area contributed by atoms with Crippen molar-refractivity contribution in [3.8, 4) is 5.75 Å². The maximum Gasteiger partial charge on any atom is 0.255 e. The van der Waals surface area contributed by atoms with Gasteiger partial charge in [0.15, 0.2) is 5.54 Å². The number of aromatic amines is 1. The number of carbonyl (C=O) groups is 2. The standard InChI is InChI=1S/C19H23N3O4/c1-19-17-13(14-10-12(26-3)4-5-15(14)20-17)6-7-22(19)16(23)11-21(18(19)24)8-9-25-2/h4-5,10,20H,6-9,11H2,1-3H3. The van der Waals surface area contributed by atoms with Crippen LogP contribution >= 0.6 is 0 Å². The van der Waals surface area contributed by atoms with Gasteiger partial charge in [-0.3, -0.25) is 9.59 Å². The molecule has 0 spiro atoms. The smallest absolute Gasteiger partial charge is 0.255 e. The molecule has 3 heterocycles. The number of H-pyrrole nitrogens is 1. The van der Waals surface area contributed by atoms with Crippen LogP contribution in [0.25, 0.3) is 10.9 Å². The molecule has 0 aliphatic carbocycles. The summed E-state index contributed by atoms with van der Waals surface area (Å²) in [7, 11) is 3.23. The fourth-order valence-corrected chi connectivity index (χ4v) is 4.22. The Labute approximate surface area is 151 Å². The lowest BCUT2D eigenvalue weighted by atomic mass is 9.83. The minimum absolute atomic E-state index is 0.0231. The lowest BCUT2D eigenvalue weighted by molar-refractivity contribution is -0.166. The highest BCUT2D eigenvalue weighted by molar-refractivity contribution is 6.00. The average molecular weight is 357 g/mol. The lowest BCUT2D eigenvalue weighted by Gasteiger charge is -2.49. The molecule has 2 aliphatic rings. The summed E-state index contributed by atoms with van der Waals surface area (Å²) in [6, 6.07) is 5.84. The maximum atomic E-state index is 13.3. The van der Waals surface area contributed by atoms with Crippen LogP contribution in [-0.2, 0) is 26.3 Å². The van der Waals surface area contributed by atoms with Crippen molar-refractivity contribution in [3.63, 3.8) is 0 Å². The molecule has 7 heteroatoms. The Kier molecular flexibility index (Phi) is 3.91. The molecule has 0 bridgehead atoms. The number of aromatic nitrogens is 1. The van der Waals surface area contributed by atoms with Crippen LogP contribution in [0.2, 0.25) is 0 Å². The third kappa shape index (κ3) is 2.23. The lowest BCUT2D eigenvalue weighted by Crippen LogP contribution is -2.67. The molecule has 1 atom stereocenters. The fraction of sp³-hybridized carbons (Fsp3) is 0.474. The van der Waals surface area contributed by atoms with Gasteiger partial charge in [0.25, 0.3) is 5.91 Å². The Morgan fingerprint density at radius 3 is 2.81 bits per heavy atom. The van der Waals surface area contributed by atoms with E-state index in [1.807, 2.05) is 25.1 Å². The van der Waals surface area contributed by atoms with Gasteiger partial charge in [-0.25, -0.2) is 0 Å². The molecule has 1 unspecified atom stereocenters. The van der Waals surface area contributed by atoms with Crippen LogP contribution in [0.15, 0.2) is 18.2 Å². The summed E-state index contributed by atoms with van der Waals surface area (Å²) in [6.07, 6.45) is 0.717. The monoisotopic (exact) mass is 357 g/mol. The van der Waals surface area contributed by atoms with E-state index < -0.39 is 5.54 Å². The van der Waals surface area contributed by atoms with Gasteiger partial charge in [0.1, 0.15) is 5.75 Å². The molecule has 1 aromatic carbocycles. The molecule has 26 heavy (non-hydrogen) atoms. The molecule has 1 saturated heterocycles. The molecule has 2 aliphatic heterocycles. The first-order valence-electron chi connectivity index (χ1n) is 8.78. The van der Waals surface area contributed by atoms with Gasteiger partial charge < -0.3 is 24.3 Å². The van der Waals surface area contributed by atoms with Crippen molar-refractivity contribution in [1.29, 1.82) is 0 Å². The summed E-state index contributed by atoms with van der Waals surface area (Å²) in [5, 5.41) is 1.05. The first-order chi connectivity index (χ1) is 12.5. The van der Waals surface area contributed by atoms with E-state index in [1.54, 1.807) is 24.0 Å². The van der Waals surface area contributed by atoms with Crippen LogP contribution in [0.1, 0.15) is 18.2 Å². The predicted octanol–water partition coefficient (Wildman–Crippen LogP) is 1.26. The maximum absolute atomic E-state index is 13.3. The Hall–Kier alpha value is -2.54. The van der Waals surface area contributed by atoms with Crippen LogP contribution < -0.4 is 4.74 Å². The Morgan fingerprint density at radius 1 is 1.27 bits per heavy atom. The van der Waals surface area contributed by atoms with E-state index in [0.717, 1.165) is 34.3 Å². The van der Waals surface area contributed by atoms with E-state index in [0.29, 0.717) is 19.7 Å². The summed E-state index contributed by atoms with van der Waals surface area (Å²) in [5.41, 5.74) is 1.84. The molecule has 138 valence electrons. The largest absolute Gasteiger partial charge is 0.497 e. The van der Waals surface area contributed by atoms with Gasteiger partial charge in [-0.05, 0) is 37.1 Å². The number of rotatable bonds is 4. The number of ether oxygens (including phenoxy) is 2. The molecule has 2 amide bonds. The fourth-order valence-electron chi connectivity index (χ4n) is 4.22. The van der Waals surface area contributed by atoms with Crippen LogP contribution in [0.3, 0.4) is 0 Å². The van der Waals surface area contributed by atoms with Crippen molar-refractivity contribution in [2.45, 2.75) is 18.9 Å². The molecular formula is C19H23N3O4. The van der Waals surface area contributed by atoms with E-state index >= 15 is 0 Å². The van der Waals surface area contributed by atoms with Gasteiger partial charge in [-0.2, -0.15) is 0 Å². The topological polar surface area (TPSA) is 74.9 Å². The van der Waals surface area contributed by atoms with Crippen LogP contribution in [0, 0.1) is 0 Å². The van der Waals surface area contributed by atoms with E-state index in [2.05, 4.69) is 4.98 Å². The summed E-state index contributed by atoms with van der Waals surface area (Å²) >= 11 is 0. The van der Waals surface area contributed by atoms with Crippen molar-refractivity contribution in [2.24, 2.45) is 0 Å². The first-order valence-corrected chi connectivity index (χ1v) is 8.78. The number of nitrogens with one attached hydrogen (secondary N) is 1. The van der Waals surface area contributed by atoms with Crippen molar-refractivity contribution in [3.05, 3.63) is 29.5 Å². The summed E-state index contributed by atoms with van der Waals surface area (Å²) in [5.74, 6) is 0.693. The van der Waals surface area contributed by atoms with Gasteiger partial charge >= 0.3 is 0 Å². The van der Waals surface area contributed by atoms with Gasteiger partial charge in [-0.15, -0.1) is 0 Å². The zero-order valence-electron chi connectivity index (χ0n) is 15.3. The first kappa shape index (κ1) is 16.9. The summed E-state index contributed by atoms with van der Waals surface area (Å²) in [6.45, 7) is 3.31. The zero-order chi connectivity index (χ0) is 18.5. The van der Waals surface area contributed by atoms with Crippen LogP contribution in [-0.4, -0.2) is 67.1 Å². The Balaban J connectivity index is 1.84. The number of methoxy groups -OCH3 is 2. The SMILES string of the molecule is COCCN1CC(=O)N2CCc3c([nH]c4ccc(OC)cc34)C2(C)C1=O. The van der Waals surface area contributed by atoms with Crippen molar-refractivity contribution in [1.82, 2.24) is 14.8 Å². The molecule has 0 radical (unpaired) electrons. The number of piperazine rings is 1. The summed E-state index contributed by atoms with van der Waals surface area (Å²) in [4.78, 5) is 32.8. The van der Waals surface area contributed by atoms with Gasteiger partial charge in [0.2, 0.25) is 5.91 Å². The highest BCUT2D eigenvalue weighted by atomic mass is 16.5. The normalized spacial score (nSPS) is 22.6. The molecule has 4 rings (SSSR count).